The van der Waals surface area contributed by atoms with E-state index in [4.69, 9.17) is 15.0 Å². The molecular formula is C67H45N5. The van der Waals surface area contributed by atoms with E-state index in [2.05, 4.69) is 211 Å². The molecular weight excluding hydrogens is 875 g/mol. The second-order valence-electron chi connectivity index (χ2n) is 20.0. The smallest absolute Gasteiger partial charge is 0.238 e. The summed E-state index contributed by atoms with van der Waals surface area (Å²) in [6.07, 6.45) is 0.908. The number of hydrogen-bond acceptors (Lipinski definition) is 3. The molecule has 0 atom stereocenters. The SMILES string of the molecule is CC1(C)c2ccccc2-c2cc3c4cc(-c5ccc6c(c5)-c5c(cccc5-c5ccc7c(c5)c5ccccc5n7-c5ccccc5)C6)ccc4n(-c4nc(-c5ccccc5)nc(-c5ccccc5)n4)c3cc21. The van der Waals surface area contributed by atoms with Crippen LogP contribution in [0.1, 0.15) is 36.1 Å². The Kier molecular flexibility index (Phi) is 8.70. The van der Waals surface area contributed by atoms with Gasteiger partial charge in [-0.3, -0.25) is 4.57 Å². The number of benzene rings is 10. The average Bonchev–Trinajstić information content (AvgIpc) is 4.15. The van der Waals surface area contributed by atoms with Gasteiger partial charge in [0.25, 0.3) is 0 Å². The Labute approximate surface area is 417 Å². The van der Waals surface area contributed by atoms with Crippen LogP contribution in [0.25, 0.3) is 123 Å². The van der Waals surface area contributed by atoms with E-state index in [9.17, 15) is 0 Å². The zero-order valence-electron chi connectivity index (χ0n) is 39.8. The van der Waals surface area contributed by atoms with Crippen LogP contribution in [0.5, 0.6) is 0 Å². The molecule has 0 spiro atoms. The van der Waals surface area contributed by atoms with Crippen LogP contribution in [0.2, 0.25) is 0 Å². The van der Waals surface area contributed by atoms with Crippen molar-refractivity contribution in [3.8, 4) is 78.9 Å². The summed E-state index contributed by atoms with van der Waals surface area (Å²) in [5, 5.41) is 4.83. The van der Waals surface area contributed by atoms with Gasteiger partial charge in [-0.2, -0.15) is 9.97 Å². The van der Waals surface area contributed by atoms with Gasteiger partial charge >= 0.3 is 0 Å². The predicted molar refractivity (Wildman–Crippen MR) is 296 cm³/mol. The molecule has 15 rings (SSSR count). The zero-order valence-corrected chi connectivity index (χ0v) is 39.8. The minimum atomic E-state index is -0.192. The highest BCUT2D eigenvalue weighted by Gasteiger charge is 2.36. The lowest BCUT2D eigenvalue weighted by molar-refractivity contribution is 0.661. The van der Waals surface area contributed by atoms with Crippen LogP contribution >= 0.6 is 0 Å². The molecule has 3 aromatic heterocycles. The normalized spacial score (nSPS) is 13.2. The first-order valence-electron chi connectivity index (χ1n) is 24.9. The number of aromatic nitrogens is 5. The Balaban J connectivity index is 0.912. The molecule has 0 bridgehead atoms. The van der Waals surface area contributed by atoms with Crippen LogP contribution in [-0.4, -0.2) is 24.1 Å². The summed E-state index contributed by atoms with van der Waals surface area (Å²) >= 11 is 0. The maximum atomic E-state index is 5.30. The van der Waals surface area contributed by atoms with Crippen molar-refractivity contribution < 1.29 is 0 Å². The van der Waals surface area contributed by atoms with E-state index < -0.39 is 0 Å². The summed E-state index contributed by atoms with van der Waals surface area (Å²) in [6.45, 7) is 4.69. The summed E-state index contributed by atoms with van der Waals surface area (Å²) in [7, 11) is 0. The van der Waals surface area contributed by atoms with Crippen molar-refractivity contribution in [1.29, 1.82) is 0 Å². The van der Waals surface area contributed by atoms with E-state index in [0.29, 0.717) is 17.6 Å². The Morgan fingerprint density at radius 1 is 0.347 bits per heavy atom. The van der Waals surface area contributed by atoms with Crippen LogP contribution in [-0.2, 0) is 11.8 Å². The van der Waals surface area contributed by atoms with E-state index in [1.807, 2.05) is 36.4 Å². The van der Waals surface area contributed by atoms with Crippen molar-refractivity contribution >= 4 is 43.6 Å². The van der Waals surface area contributed by atoms with Crippen molar-refractivity contribution in [2.45, 2.75) is 25.7 Å². The summed E-state index contributed by atoms with van der Waals surface area (Å²) in [5.74, 6) is 1.86. The molecule has 2 aliphatic rings. The maximum Gasteiger partial charge on any atom is 0.238 e. The summed E-state index contributed by atoms with van der Waals surface area (Å²) in [4.78, 5) is 15.7. The first kappa shape index (κ1) is 40.7. The zero-order chi connectivity index (χ0) is 47.7. The first-order valence-corrected chi connectivity index (χ1v) is 24.9. The third-order valence-corrected chi connectivity index (χ3v) is 15.6. The van der Waals surface area contributed by atoms with Gasteiger partial charge in [-0.15, -0.1) is 0 Å². The molecule has 13 aromatic rings. The highest BCUT2D eigenvalue weighted by Crippen LogP contribution is 2.52. The molecule has 72 heavy (non-hydrogen) atoms. The number of fused-ring (bicyclic) bond motifs is 12. The maximum absolute atomic E-state index is 5.30. The molecule has 0 radical (unpaired) electrons. The van der Waals surface area contributed by atoms with Gasteiger partial charge in [0.2, 0.25) is 5.95 Å². The van der Waals surface area contributed by atoms with Gasteiger partial charge in [-0.1, -0.05) is 178 Å². The molecule has 0 N–H and O–H groups in total. The van der Waals surface area contributed by atoms with E-state index >= 15 is 0 Å². The van der Waals surface area contributed by atoms with Gasteiger partial charge in [-0.05, 0) is 134 Å². The van der Waals surface area contributed by atoms with Gasteiger partial charge in [0.15, 0.2) is 11.6 Å². The molecule has 0 saturated carbocycles. The lowest BCUT2D eigenvalue weighted by atomic mass is 9.82. The Hall–Kier alpha value is -9.19. The molecule has 0 fully saturated rings. The largest absolute Gasteiger partial charge is 0.309 e. The van der Waals surface area contributed by atoms with Crippen molar-refractivity contribution in [2.75, 3.05) is 0 Å². The third kappa shape index (κ3) is 6.04. The van der Waals surface area contributed by atoms with Gasteiger partial charge in [0.1, 0.15) is 0 Å². The molecule has 3 heterocycles. The fraction of sp³-hybridized carbons (Fsp3) is 0.0597. The minimum absolute atomic E-state index is 0.192. The standard InChI is InChI=1S/C67H45N5/c1-67(2)57-27-14-12-24-50(57)53-39-56-55-37-44(31-33-61(55)72(62(56)40-58(53)67)66-69-64(41-17-6-3-7-18-41)68-65(70-66)42-19-8-4-9-20-42)43-29-30-45-35-47-21-16-26-49(63(47)52(45)36-43)46-32-34-60-54(38-46)51-25-13-15-28-59(51)71(60)48-22-10-5-11-23-48/h3-34,36-40H,35H2,1-2H3. The summed E-state index contributed by atoms with van der Waals surface area (Å²) in [6, 6.07) is 81.6. The second kappa shape index (κ2) is 15.4. The third-order valence-electron chi connectivity index (χ3n) is 15.6. The number of nitrogens with zero attached hydrogens (tertiary/aromatic N) is 5. The predicted octanol–water partition coefficient (Wildman–Crippen LogP) is 16.6. The van der Waals surface area contributed by atoms with Crippen LogP contribution in [0.4, 0.5) is 0 Å². The van der Waals surface area contributed by atoms with Crippen LogP contribution in [0.15, 0.2) is 224 Å². The van der Waals surface area contributed by atoms with E-state index in [1.54, 1.807) is 0 Å². The first-order chi connectivity index (χ1) is 35.4. The van der Waals surface area contributed by atoms with Gasteiger partial charge in [0, 0.05) is 43.8 Å². The minimum Gasteiger partial charge on any atom is -0.309 e. The lowest BCUT2D eigenvalue weighted by Crippen LogP contribution is -2.15. The number of hydrogen-bond donors (Lipinski definition) is 0. The van der Waals surface area contributed by atoms with Crippen LogP contribution in [0.3, 0.4) is 0 Å². The second-order valence-corrected chi connectivity index (χ2v) is 20.0. The topological polar surface area (TPSA) is 48.5 Å². The molecule has 5 heteroatoms. The highest BCUT2D eigenvalue weighted by atomic mass is 15.2. The average molecular weight is 920 g/mol. The van der Waals surface area contributed by atoms with Crippen molar-refractivity contribution in [1.82, 2.24) is 24.1 Å². The molecule has 5 nitrogen and oxygen atoms in total. The van der Waals surface area contributed by atoms with E-state index in [1.165, 1.54) is 94.1 Å². The Morgan fingerprint density at radius 3 is 1.71 bits per heavy atom. The lowest BCUT2D eigenvalue weighted by Gasteiger charge is -2.21. The van der Waals surface area contributed by atoms with Crippen molar-refractivity contribution in [3.63, 3.8) is 0 Å². The van der Waals surface area contributed by atoms with Crippen LogP contribution in [0, 0.1) is 0 Å². The quantitative estimate of drug-likeness (QED) is 0.167. The Bertz CT molecular complexity index is 4310. The molecule has 2 aliphatic carbocycles. The van der Waals surface area contributed by atoms with Crippen LogP contribution < -0.4 is 0 Å². The molecule has 0 amide bonds. The highest BCUT2D eigenvalue weighted by molar-refractivity contribution is 6.13. The van der Waals surface area contributed by atoms with E-state index in [-0.39, 0.29) is 5.41 Å². The fourth-order valence-electron chi connectivity index (χ4n) is 12.2. The molecule has 10 aromatic carbocycles. The van der Waals surface area contributed by atoms with E-state index in [0.717, 1.165) is 39.5 Å². The van der Waals surface area contributed by atoms with Crippen molar-refractivity contribution in [3.05, 3.63) is 247 Å². The molecule has 338 valence electrons. The van der Waals surface area contributed by atoms with Gasteiger partial charge in [-0.25, -0.2) is 4.98 Å². The monoisotopic (exact) mass is 919 g/mol. The van der Waals surface area contributed by atoms with Gasteiger partial charge < -0.3 is 4.57 Å². The molecule has 0 saturated heterocycles. The number of rotatable bonds is 6. The Morgan fingerprint density at radius 2 is 0.931 bits per heavy atom. The molecule has 0 unspecified atom stereocenters. The molecule has 0 aliphatic heterocycles. The van der Waals surface area contributed by atoms with Gasteiger partial charge in [0.05, 0.1) is 22.1 Å². The summed E-state index contributed by atoms with van der Waals surface area (Å²) in [5.41, 5.74) is 22.8. The summed E-state index contributed by atoms with van der Waals surface area (Å²) < 4.78 is 4.66. The van der Waals surface area contributed by atoms with Crippen molar-refractivity contribution in [2.24, 2.45) is 0 Å². The number of para-hydroxylation sites is 2. The fourth-order valence-corrected chi connectivity index (χ4v) is 12.2.